The Kier molecular flexibility index (Phi) is 8.28. The SMILES string of the molecule is Cc1ccc(CNC(=O)c2nnc(CN3CCC(NC(=O)NC4CCCCC4)CC3)s2)cc1. The molecule has 2 aliphatic rings. The Hall–Kier alpha value is -2.52. The van der Waals surface area contributed by atoms with Crippen LogP contribution < -0.4 is 16.0 Å². The second-order valence-corrected chi connectivity index (χ2v) is 10.2. The molecule has 1 aromatic heterocycles. The molecule has 1 aromatic carbocycles. The number of piperidine rings is 1. The van der Waals surface area contributed by atoms with E-state index in [1.54, 1.807) is 0 Å². The van der Waals surface area contributed by atoms with Crippen LogP contribution in [0.3, 0.4) is 0 Å². The third-order valence-corrected chi connectivity index (χ3v) is 7.36. The fourth-order valence-corrected chi connectivity index (χ4v) is 5.26. The number of nitrogens with zero attached hydrogens (tertiary/aromatic N) is 3. The zero-order chi connectivity index (χ0) is 23.0. The molecular formula is C24H34N6O2S. The molecule has 1 saturated heterocycles. The molecular weight excluding hydrogens is 436 g/mol. The minimum absolute atomic E-state index is 0.0224. The monoisotopic (exact) mass is 470 g/mol. The van der Waals surface area contributed by atoms with E-state index in [4.69, 9.17) is 0 Å². The Morgan fingerprint density at radius 3 is 2.33 bits per heavy atom. The zero-order valence-electron chi connectivity index (χ0n) is 19.3. The predicted octanol–water partition coefficient (Wildman–Crippen LogP) is 3.37. The quantitative estimate of drug-likeness (QED) is 0.576. The number of hydrogen-bond donors (Lipinski definition) is 3. The number of benzene rings is 1. The summed E-state index contributed by atoms with van der Waals surface area (Å²) in [5.41, 5.74) is 2.25. The third-order valence-electron chi connectivity index (χ3n) is 6.46. The van der Waals surface area contributed by atoms with E-state index in [-0.39, 0.29) is 18.0 Å². The Morgan fingerprint density at radius 2 is 1.64 bits per heavy atom. The maximum absolute atomic E-state index is 12.4. The molecule has 0 radical (unpaired) electrons. The van der Waals surface area contributed by atoms with Crippen molar-refractivity contribution in [3.63, 3.8) is 0 Å². The second-order valence-electron chi connectivity index (χ2n) is 9.17. The normalized spacial score (nSPS) is 18.1. The summed E-state index contributed by atoms with van der Waals surface area (Å²) in [5, 5.41) is 18.7. The molecule has 0 spiro atoms. The van der Waals surface area contributed by atoms with E-state index in [0.717, 1.165) is 49.3 Å². The number of rotatable bonds is 7. The molecule has 2 aromatic rings. The van der Waals surface area contributed by atoms with Gasteiger partial charge in [0.25, 0.3) is 5.91 Å². The molecule has 2 fully saturated rings. The zero-order valence-corrected chi connectivity index (χ0v) is 20.1. The number of nitrogens with one attached hydrogen (secondary N) is 3. The van der Waals surface area contributed by atoms with E-state index < -0.39 is 0 Å². The number of urea groups is 1. The fourth-order valence-electron chi connectivity index (χ4n) is 4.46. The van der Waals surface area contributed by atoms with Gasteiger partial charge in [-0.1, -0.05) is 60.4 Å². The molecule has 1 aliphatic heterocycles. The van der Waals surface area contributed by atoms with Gasteiger partial charge in [0, 0.05) is 31.7 Å². The minimum Gasteiger partial charge on any atom is -0.346 e. The van der Waals surface area contributed by atoms with E-state index in [1.165, 1.54) is 36.2 Å². The van der Waals surface area contributed by atoms with Crippen molar-refractivity contribution in [2.45, 2.75) is 77.0 Å². The molecule has 0 bridgehead atoms. The number of amides is 3. The highest BCUT2D eigenvalue weighted by molar-refractivity contribution is 7.13. The highest BCUT2D eigenvalue weighted by atomic mass is 32.1. The first kappa shape index (κ1) is 23.6. The van der Waals surface area contributed by atoms with Crippen molar-refractivity contribution < 1.29 is 9.59 Å². The lowest BCUT2D eigenvalue weighted by Crippen LogP contribution is -2.50. The highest BCUT2D eigenvalue weighted by Crippen LogP contribution is 2.19. The predicted molar refractivity (Wildman–Crippen MR) is 129 cm³/mol. The van der Waals surface area contributed by atoms with Gasteiger partial charge in [0.05, 0.1) is 6.54 Å². The highest BCUT2D eigenvalue weighted by Gasteiger charge is 2.23. The number of carbonyl (C=O) groups excluding carboxylic acids is 2. The molecule has 1 saturated carbocycles. The van der Waals surface area contributed by atoms with Crippen LogP contribution in [-0.4, -0.2) is 52.2 Å². The molecule has 4 rings (SSSR count). The molecule has 8 nitrogen and oxygen atoms in total. The van der Waals surface area contributed by atoms with Crippen molar-refractivity contribution in [3.8, 4) is 0 Å². The van der Waals surface area contributed by atoms with Crippen LogP contribution in [0, 0.1) is 6.92 Å². The van der Waals surface area contributed by atoms with Gasteiger partial charge >= 0.3 is 6.03 Å². The summed E-state index contributed by atoms with van der Waals surface area (Å²) in [6.07, 6.45) is 7.74. The molecule has 0 atom stereocenters. The van der Waals surface area contributed by atoms with E-state index in [0.29, 0.717) is 24.1 Å². The van der Waals surface area contributed by atoms with E-state index in [9.17, 15) is 9.59 Å². The average molecular weight is 471 g/mol. The summed E-state index contributed by atoms with van der Waals surface area (Å²) >= 11 is 1.35. The lowest BCUT2D eigenvalue weighted by atomic mass is 9.96. The standard InChI is InChI=1S/C24H34N6O2S/c1-17-7-9-18(10-8-17)15-25-22(31)23-29-28-21(33-23)16-30-13-11-20(12-14-30)27-24(32)26-19-5-3-2-4-6-19/h7-10,19-20H,2-6,11-16H2,1H3,(H,25,31)(H2,26,27,32). The topological polar surface area (TPSA) is 99.2 Å². The lowest BCUT2D eigenvalue weighted by molar-refractivity contribution is 0.0949. The van der Waals surface area contributed by atoms with E-state index >= 15 is 0 Å². The van der Waals surface area contributed by atoms with Crippen LogP contribution in [0.25, 0.3) is 0 Å². The lowest BCUT2D eigenvalue weighted by Gasteiger charge is -2.32. The summed E-state index contributed by atoms with van der Waals surface area (Å²) in [6.45, 7) is 4.98. The molecule has 3 N–H and O–H groups in total. The van der Waals surface area contributed by atoms with Crippen molar-refractivity contribution in [3.05, 3.63) is 45.4 Å². The first-order valence-electron chi connectivity index (χ1n) is 12.0. The van der Waals surface area contributed by atoms with Gasteiger partial charge in [-0.25, -0.2) is 4.79 Å². The van der Waals surface area contributed by atoms with Crippen LogP contribution in [0.15, 0.2) is 24.3 Å². The van der Waals surface area contributed by atoms with Gasteiger partial charge in [0.2, 0.25) is 5.01 Å². The van der Waals surface area contributed by atoms with Crippen LogP contribution in [0.4, 0.5) is 4.79 Å². The van der Waals surface area contributed by atoms with Crippen molar-refractivity contribution in [2.75, 3.05) is 13.1 Å². The Morgan fingerprint density at radius 1 is 0.970 bits per heavy atom. The summed E-state index contributed by atoms with van der Waals surface area (Å²) in [7, 11) is 0. The number of hydrogen-bond acceptors (Lipinski definition) is 6. The van der Waals surface area contributed by atoms with Gasteiger partial charge in [-0.3, -0.25) is 9.69 Å². The van der Waals surface area contributed by atoms with Crippen LogP contribution >= 0.6 is 11.3 Å². The van der Waals surface area contributed by atoms with E-state index in [2.05, 4.69) is 31.0 Å². The van der Waals surface area contributed by atoms with Crippen molar-refractivity contribution in [1.82, 2.24) is 31.0 Å². The molecule has 9 heteroatoms. The van der Waals surface area contributed by atoms with Crippen molar-refractivity contribution >= 4 is 23.3 Å². The van der Waals surface area contributed by atoms with Gasteiger partial charge < -0.3 is 16.0 Å². The molecule has 1 aliphatic carbocycles. The van der Waals surface area contributed by atoms with Gasteiger partial charge in [0.1, 0.15) is 5.01 Å². The van der Waals surface area contributed by atoms with Crippen molar-refractivity contribution in [2.24, 2.45) is 0 Å². The number of aryl methyl sites for hydroxylation is 1. The largest absolute Gasteiger partial charge is 0.346 e. The number of carbonyl (C=O) groups is 2. The number of aromatic nitrogens is 2. The van der Waals surface area contributed by atoms with Crippen LogP contribution in [0.1, 0.15) is 70.9 Å². The summed E-state index contributed by atoms with van der Waals surface area (Å²) in [5.74, 6) is -0.189. The van der Waals surface area contributed by atoms with Gasteiger partial charge in [0.15, 0.2) is 0 Å². The second kappa shape index (κ2) is 11.6. The molecule has 2 heterocycles. The first-order chi connectivity index (χ1) is 16.0. The molecule has 33 heavy (non-hydrogen) atoms. The Labute approximate surface area is 199 Å². The Balaban J connectivity index is 1.16. The van der Waals surface area contributed by atoms with Crippen LogP contribution in [0.2, 0.25) is 0 Å². The fraction of sp³-hybridized carbons (Fsp3) is 0.583. The van der Waals surface area contributed by atoms with Crippen LogP contribution in [-0.2, 0) is 13.1 Å². The average Bonchev–Trinajstić information content (AvgIpc) is 3.29. The maximum atomic E-state index is 12.4. The smallest absolute Gasteiger partial charge is 0.315 e. The van der Waals surface area contributed by atoms with Gasteiger partial charge in [-0.05, 0) is 38.2 Å². The van der Waals surface area contributed by atoms with E-state index in [1.807, 2.05) is 31.2 Å². The summed E-state index contributed by atoms with van der Waals surface area (Å²) in [4.78, 5) is 27.0. The Bertz CT molecular complexity index is 917. The van der Waals surface area contributed by atoms with Gasteiger partial charge in [-0.15, -0.1) is 10.2 Å². The maximum Gasteiger partial charge on any atom is 0.315 e. The van der Waals surface area contributed by atoms with Crippen LogP contribution in [0.5, 0.6) is 0 Å². The van der Waals surface area contributed by atoms with Crippen molar-refractivity contribution in [1.29, 1.82) is 0 Å². The number of likely N-dealkylation sites (tertiary alicyclic amines) is 1. The first-order valence-corrected chi connectivity index (χ1v) is 12.8. The molecule has 3 amide bonds. The summed E-state index contributed by atoms with van der Waals surface area (Å²) in [6, 6.07) is 8.62. The third kappa shape index (κ3) is 7.23. The minimum atomic E-state index is -0.189. The molecule has 178 valence electrons. The van der Waals surface area contributed by atoms with Gasteiger partial charge in [-0.2, -0.15) is 0 Å². The summed E-state index contributed by atoms with van der Waals surface area (Å²) < 4.78 is 0. The molecule has 0 unspecified atom stereocenters.